The topological polar surface area (TPSA) is 35.8 Å². The zero-order valence-corrected chi connectivity index (χ0v) is 8.34. The van der Waals surface area contributed by atoms with E-state index in [2.05, 4.69) is 11.4 Å². The summed E-state index contributed by atoms with van der Waals surface area (Å²) in [6.07, 6.45) is 0.657. The van der Waals surface area contributed by atoms with Gasteiger partial charge in [-0.15, -0.1) is 0 Å². The smallest absolute Gasteiger partial charge is 0.146 e. The summed E-state index contributed by atoms with van der Waals surface area (Å²) in [7, 11) is 0. The summed E-state index contributed by atoms with van der Waals surface area (Å²) in [4.78, 5) is 0. The molecule has 0 spiro atoms. The lowest BCUT2D eigenvalue weighted by molar-refractivity contribution is 0.627. The monoisotopic (exact) mass is 192 g/mol. The molecule has 1 rings (SSSR count). The van der Waals surface area contributed by atoms with Crippen LogP contribution in [0.1, 0.15) is 18.9 Å². The van der Waals surface area contributed by atoms with Crippen LogP contribution in [-0.4, -0.2) is 6.04 Å². The van der Waals surface area contributed by atoms with Crippen LogP contribution < -0.4 is 5.32 Å². The van der Waals surface area contributed by atoms with Crippen LogP contribution in [0.5, 0.6) is 0 Å². The third kappa shape index (κ3) is 2.46. The number of halogens is 1. The normalized spacial score (nSPS) is 11.9. The van der Waals surface area contributed by atoms with Crippen molar-refractivity contribution in [2.24, 2.45) is 0 Å². The van der Waals surface area contributed by atoms with Crippen LogP contribution >= 0.6 is 0 Å². The fourth-order valence-electron chi connectivity index (χ4n) is 1.16. The number of nitriles is 1. The van der Waals surface area contributed by atoms with Crippen molar-refractivity contribution in [3.8, 4) is 6.07 Å². The molecule has 14 heavy (non-hydrogen) atoms. The van der Waals surface area contributed by atoms with Gasteiger partial charge >= 0.3 is 0 Å². The van der Waals surface area contributed by atoms with Crippen molar-refractivity contribution in [3.05, 3.63) is 29.6 Å². The lowest BCUT2D eigenvalue weighted by atomic mass is 10.2. The number of anilines is 1. The third-order valence-electron chi connectivity index (χ3n) is 2.02. The number of nitrogens with one attached hydrogen (secondary N) is 1. The van der Waals surface area contributed by atoms with Crippen molar-refractivity contribution in [2.75, 3.05) is 5.32 Å². The predicted molar refractivity (Wildman–Crippen MR) is 54.5 cm³/mol. The molecule has 1 unspecified atom stereocenters. The fourth-order valence-corrected chi connectivity index (χ4v) is 1.16. The second-order valence-electron chi connectivity index (χ2n) is 3.22. The maximum atomic E-state index is 13.2. The summed E-state index contributed by atoms with van der Waals surface area (Å²) in [5.74, 6) is -0.315. The summed E-state index contributed by atoms with van der Waals surface area (Å²) >= 11 is 0. The zero-order chi connectivity index (χ0) is 10.6. The van der Waals surface area contributed by atoms with Crippen LogP contribution in [0.3, 0.4) is 0 Å². The van der Waals surface area contributed by atoms with Crippen molar-refractivity contribution in [3.63, 3.8) is 0 Å². The zero-order valence-electron chi connectivity index (χ0n) is 8.34. The molecule has 1 atom stereocenters. The summed E-state index contributed by atoms with van der Waals surface area (Å²) in [6.45, 7) is 3.77. The maximum Gasteiger partial charge on any atom is 0.146 e. The van der Waals surface area contributed by atoms with E-state index in [9.17, 15) is 4.39 Å². The Hall–Kier alpha value is -1.56. The lowest BCUT2D eigenvalue weighted by Crippen LogP contribution is -2.16. The minimum atomic E-state index is -0.328. The van der Waals surface area contributed by atoms with Gasteiger partial charge in [0, 0.05) is 0 Å². The van der Waals surface area contributed by atoms with Crippen molar-refractivity contribution < 1.29 is 4.39 Å². The third-order valence-corrected chi connectivity index (χ3v) is 2.02. The van der Waals surface area contributed by atoms with Gasteiger partial charge in [-0.1, -0.05) is 13.0 Å². The molecule has 0 fully saturated rings. The van der Waals surface area contributed by atoms with Crippen LogP contribution in [0.15, 0.2) is 18.2 Å². The number of nitrogens with zero attached hydrogens (tertiary/aromatic N) is 1. The maximum absolute atomic E-state index is 13.2. The van der Waals surface area contributed by atoms with Crippen LogP contribution in [0.4, 0.5) is 10.1 Å². The van der Waals surface area contributed by atoms with Gasteiger partial charge < -0.3 is 5.32 Å². The highest BCUT2D eigenvalue weighted by Gasteiger charge is 2.07. The van der Waals surface area contributed by atoms with E-state index < -0.39 is 0 Å². The molecular formula is C11H13FN2. The van der Waals surface area contributed by atoms with Crippen molar-refractivity contribution in [1.82, 2.24) is 0 Å². The van der Waals surface area contributed by atoms with Gasteiger partial charge in [0.05, 0.1) is 11.8 Å². The lowest BCUT2D eigenvalue weighted by Gasteiger charge is -2.11. The van der Waals surface area contributed by atoms with Crippen LogP contribution in [-0.2, 0) is 0 Å². The second-order valence-corrected chi connectivity index (χ2v) is 3.22. The summed E-state index contributed by atoms with van der Waals surface area (Å²) in [6, 6.07) is 6.55. The molecule has 0 saturated carbocycles. The molecular weight excluding hydrogens is 179 g/mol. The Morgan fingerprint density at radius 1 is 1.57 bits per heavy atom. The summed E-state index contributed by atoms with van der Waals surface area (Å²) in [5, 5.41) is 11.6. The number of hydrogen-bond donors (Lipinski definition) is 1. The molecule has 0 aromatic heterocycles. The van der Waals surface area contributed by atoms with Crippen LogP contribution in [0.25, 0.3) is 0 Å². The molecule has 0 amide bonds. The van der Waals surface area contributed by atoms with Crippen molar-refractivity contribution in [2.45, 2.75) is 26.3 Å². The van der Waals surface area contributed by atoms with Gasteiger partial charge in [-0.05, 0) is 31.0 Å². The van der Waals surface area contributed by atoms with Gasteiger partial charge in [0.2, 0.25) is 0 Å². The van der Waals surface area contributed by atoms with E-state index in [1.165, 1.54) is 6.07 Å². The van der Waals surface area contributed by atoms with E-state index in [0.717, 1.165) is 5.56 Å². The largest absolute Gasteiger partial charge is 0.367 e. The SMILES string of the molecule is CCC(C#N)Nc1cc(C)ccc1F. The number of hydrogen-bond acceptors (Lipinski definition) is 2. The van der Waals surface area contributed by atoms with Crippen LogP contribution in [0.2, 0.25) is 0 Å². The first-order valence-corrected chi connectivity index (χ1v) is 4.59. The molecule has 0 aliphatic heterocycles. The Morgan fingerprint density at radius 3 is 2.86 bits per heavy atom. The van der Waals surface area contributed by atoms with Crippen molar-refractivity contribution in [1.29, 1.82) is 5.26 Å². The predicted octanol–water partition coefficient (Wildman–Crippen LogP) is 2.85. The highest BCUT2D eigenvalue weighted by molar-refractivity contribution is 5.48. The molecule has 0 saturated heterocycles. The molecule has 0 heterocycles. The number of benzene rings is 1. The first-order chi connectivity index (χ1) is 6.67. The van der Waals surface area contributed by atoms with Crippen molar-refractivity contribution >= 4 is 5.69 Å². The summed E-state index contributed by atoms with van der Waals surface area (Å²) < 4.78 is 13.2. The van der Waals surface area contributed by atoms with Gasteiger partial charge in [0.15, 0.2) is 0 Å². The second kappa shape index (κ2) is 4.61. The average molecular weight is 192 g/mol. The minimum absolute atomic E-state index is 0.315. The molecule has 0 aliphatic rings. The molecule has 1 aromatic carbocycles. The van der Waals surface area contributed by atoms with E-state index in [4.69, 9.17) is 5.26 Å². The molecule has 2 nitrogen and oxygen atoms in total. The number of rotatable bonds is 3. The standard InChI is InChI=1S/C11H13FN2/c1-3-9(7-13)14-11-6-8(2)4-5-10(11)12/h4-6,9,14H,3H2,1-2H3. The highest BCUT2D eigenvalue weighted by atomic mass is 19.1. The molecule has 3 heteroatoms. The van der Waals surface area contributed by atoms with Gasteiger partial charge in [-0.3, -0.25) is 0 Å². The molecule has 74 valence electrons. The van der Waals surface area contributed by atoms with E-state index >= 15 is 0 Å². The quantitative estimate of drug-likeness (QED) is 0.799. The Labute approximate surface area is 83.4 Å². The minimum Gasteiger partial charge on any atom is -0.367 e. The van der Waals surface area contributed by atoms with Gasteiger partial charge in [0.1, 0.15) is 11.9 Å². The highest BCUT2D eigenvalue weighted by Crippen LogP contribution is 2.16. The number of aryl methyl sites for hydroxylation is 1. The molecule has 1 aromatic rings. The molecule has 0 aliphatic carbocycles. The van der Waals surface area contributed by atoms with E-state index in [-0.39, 0.29) is 11.9 Å². The van der Waals surface area contributed by atoms with E-state index in [1.54, 1.807) is 12.1 Å². The summed E-state index contributed by atoms with van der Waals surface area (Å²) in [5.41, 5.74) is 1.38. The fraction of sp³-hybridized carbons (Fsp3) is 0.364. The van der Waals surface area contributed by atoms with E-state index in [1.807, 2.05) is 13.8 Å². The van der Waals surface area contributed by atoms with Gasteiger partial charge in [0.25, 0.3) is 0 Å². The average Bonchev–Trinajstić information content (AvgIpc) is 2.19. The molecule has 0 radical (unpaired) electrons. The Kier molecular flexibility index (Phi) is 3.47. The molecule has 0 bridgehead atoms. The molecule has 1 N–H and O–H groups in total. The van der Waals surface area contributed by atoms with E-state index in [0.29, 0.717) is 12.1 Å². The Balaban J connectivity index is 2.86. The Morgan fingerprint density at radius 2 is 2.29 bits per heavy atom. The first kappa shape index (κ1) is 10.5. The van der Waals surface area contributed by atoms with Crippen LogP contribution in [0, 0.1) is 24.1 Å². The Bertz CT molecular complexity index is 355. The van der Waals surface area contributed by atoms with Gasteiger partial charge in [-0.25, -0.2) is 4.39 Å². The first-order valence-electron chi connectivity index (χ1n) is 4.59. The van der Waals surface area contributed by atoms with Gasteiger partial charge in [-0.2, -0.15) is 5.26 Å².